The number of Topliss-reactive ketones (excluding diaryl/α,β-unsaturated/α-hetero) is 1. The second-order valence-electron chi connectivity index (χ2n) is 12.8. The van der Waals surface area contributed by atoms with E-state index in [-0.39, 0.29) is 19.3 Å². The van der Waals surface area contributed by atoms with Crippen molar-refractivity contribution in [2.75, 3.05) is 13.1 Å². The number of nitrogens with one attached hydrogen (secondary N) is 3. The van der Waals surface area contributed by atoms with Gasteiger partial charge in [-0.3, -0.25) is 9.59 Å². The molecule has 0 fully saturated rings. The quantitative estimate of drug-likeness (QED) is 0.157. The molecule has 232 valence electrons. The van der Waals surface area contributed by atoms with Crippen LogP contribution in [0, 0.1) is 5.92 Å². The van der Waals surface area contributed by atoms with Gasteiger partial charge in [-0.1, -0.05) is 6.42 Å². The lowest BCUT2D eigenvalue weighted by Crippen LogP contribution is -2.44. The number of carboxylic acids is 1. The number of aliphatic carboxylic acids is 1. The number of rotatable bonds is 15. The molecule has 0 radical (unpaired) electrons. The second kappa shape index (κ2) is 16.9. The van der Waals surface area contributed by atoms with Crippen LogP contribution in [-0.4, -0.2) is 71.1 Å². The largest absolute Gasteiger partial charge is 0.481 e. The number of carboxylic acid groups (broad SMARTS) is 1. The third-order valence-corrected chi connectivity index (χ3v) is 5.11. The average molecular weight is 574 g/mol. The summed E-state index contributed by atoms with van der Waals surface area (Å²) in [6.45, 7) is 16.3. The third kappa shape index (κ3) is 20.9. The maximum absolute atomic E-state index is 13.1. The van der Waals surface area contributed by atoms with Gasteiger partial charge < -0.3 is 35.3 Å². The van der Waals surface area contributed by atoms with E-state index in [1.165, 1.54) is 0 Å². The van der Waals surface area contributed by atoms with E-state index in [4.69, 9.17) is 14.2 Å². The van der Waals surface area contributed by atoms with Crippen molar-refractivity contribution >= 4 is 30.0 Å². The van der Waals surface area contributed by atoms with E-state index < -0.39 is 58.8 Å². The highest BCUT2D eigenvalue weighted by molar-refractivity contribution is 5.90. The molecule has 0 saturated carbocycles. The molecule has 12 heteroatoms. The van der Waals surface area contributed by atoms with E-state index in [1.807, 2.05) is 0 Å². The minimum absolute atomic E-state index is 0.232. The lowest BCUT2D eigenvalue weighted by Gasteiger charge is -2.24. The predicted molar refractivity (Wildman–Crippen MR) is 150 cm³/mol. The molecule has 0 saturated heterocycles. The number of amides is 3. The van der Waals surface area contributed by atoms with E-state index >= 15 is 0 Å². The number of ether oxygens (including phenoxy) is 3. The lowest BCUT2D eigenvalue weighted by molar-refractivity contribution is -0.144. The Bertz CT molecular complexity index is 839. The summed E-state index contributed by atoms with van der Waals surface area (Å²) < 4.78 is 15.6. The van der Waals surface area contributed by atoms with Crippen molar-refractivity contribution in [3.63, 3.8) is 0 Å². The number of unbranched alkanes of at least 4 members (excludes halogenated alkanes) is 2. The van der Waals surface area contributed by atoms with Gasteiger partial charge in [0.25, 0.3) is 0 Å². The third-order valence-electron chi connectivity index (χ3n) is 5.11. The van der Waals surface area contributed by atoms with Gasteiger partial charge in [0.05, 0.1) is 12.0 Å². The fraction of sp³-hybridized carbons (Fsp3) is 0.821. The van der Waals surface area contributed by atoms with Gasteiger partial charge >= 0.3 is 24.2 Å². The van der Waals surface area contributed by atoms with Gasteiger partial charge in [-0.05, 0) is 94.4 Å². The Hall–Kier alpha value is -3.05. The van der Waals surface area contributed by atoms with Crippen molar-refractivity contribution in [3.05, 3.63) is 0 Å². The van der Waals surface area contributed by atoms with Crippen molar-refractivity contribution in [3.8, 4) is 0 Å². The average Bonchev–Trinajstić information content (AvgIpc) is 2.72. The summed E-state index contributed by atoms with van der Waals surface area (Å²) >= 11 is 0. The topological polar surface area (TPSA) is 169 Å². The first-order valence-electron chi connectivity index (χ1n) is 13.9. The van der Waals surface area contributed by atoms with Crippen LogP contribution in [0.5, 0.6) is 0 Å². The molecule has 0 rings (SSSR count). The van der Waals surface area contributed by atoms with E-state index in [1.54, 1.807) is 62.3 Å². The fourth-order valence-corrected chi connectivity index (χ4v) is 3.46. The monoisotopic (exact) mass is 573 g/mol. The summed E-state index contributed by atoms with van der Waals surface area (Å²) in [6.07, 6.45) is 0.358. The summed E-state index contributed by atoms with van der Waals surface area (Å²) in [5.74, 6) is -2.46. The van der Waals surface area contributed by atoms with Crippen molar-refractivity contribution in [1.82, 2.24) is 16.0 Å². The van der Waals surface area contributed by atoms with E-state index in [0.717, 1.165) is 0 Å². The Labute approximate surface area is 238 Å². The van der Waals surface area contributed by atoms with Gasteiger partial charge in [0.15, 0.2) is 5.78 Å². The minimum Gasteiger partial charge on any atom is -0.481 e. The Morgan fingerprint density at radius 1 is 0.625 bits per heavy atom. The highest BCUT2D eigenvalue weighted by Gasteiger charge is 2.28. The molecule has 4 N–H and O–H groups in total. The zero-order chi connectivity index (χ0) is 31.1. The summed E-state index contributed by atoms with van der Waals surface area (Å²) in [5, 5.41) is 17.5. The summed E-state index contributed by atoms with van der Waals surface area (Å²) in [7, 11) is 0. The number of hydrogen-bond donors (Lipinski definition) is 4. The maximum Gasteiger partial charge on any atom is 0.408 e. The molecular weight excluding hydrogens is 522 g/mol. The van der Waals surface area contributed by atoms with Gasteiger partial charge in [-0.25, -0.2) is 14.4 Å². The fourth-order valence-electron chi connectivity index (χ4n) is 3.46. The number of carbonyl (C=O) groups is 5. The first kappa shape index (κ1) is 37.0. The zero-order valence-electron chi connectivity index (χ0n) is 25.7. The van der Waals surface area contributed by atoms with Crippen LogP contribution in [0.1, 0.15) is 107 Å². The molecule has 0 heterocycles. The summed E-state index contributed by atoms with van der Waals surface area (Å²) in [4.78, 5) is 60.9. The smallest absolute Gasteiger partial charge is 0.408 e. The van der Waals surface area contributed by atoms with Gasteiger partial charge in [0.1, 0.15) is 16.8 Å². The molecule has 3 amide bonds. The number of ketones is 1. The lowest BCUT2D eigenvalue weighted by atomic mass is 9.92. The molecule has 0 spiro atoms. The number of carbonyl (C=O) groups excluding carboxylic acids is 4. The zero-order valence-corrected chi connectivity index (χ0v) is 25.7. The molecule has 0 aliphatic heterocycles. The van der Waals surface area contributed by atoms with E-state index in [9.17, 15) is 29.1 Å². The molecule has 0 aromatic heterocycles. The molecule has 2 unspecified atom stereocenters. The minimum atomic E-state index is -1.11. The van der Waals surface area contributed by atoms with Crippen LogP contribution >= 0.6 is 0 Å². The van der Waals surface area contributed by atoms with Crippen LogP contribution in [0.3, 0.4) is 0 Å². The van der Waals surface area contributed by atoms with Crippen molar-refractivity contribution in [1.29, 1.82) is 0 Å². The van der Waals surface area contributed by atoms with Crippen LogP contribution in [0.25, 0.3) is 0 Å². The Morgan fingerprint density at radius 3 is 1.43 bits per heavy atom. The Kier molecular flexibility index (Phi) is 15.6. The van der Waals surface area contributed by atoms with Gasteiger partial charge in [-0.2, -0.15) is 0 Å². The second-order valence-corrected chi connectivity index (χ2v) is 12.8. The van der Waals surface area contributed by atoms with Crippen LogP contribution < -0.4 is 16.0 Å². The summed E-state index contributed by atoms with van der Waals surface area (Å²) in [6, 6.07) is -0.938. The molecule has 2 atom stereocenters. The molecule has 40 heavy (non-hydrogen) atoms. The molecule has 0 aliphatic carbocycles. The normalized spacial score (nSPS) is 13.4. The number of alkyl carbamates (subject to hydrolysis) is 3. The van der Waals surface area contributed by atoms with Crippen molar-refractivity contribution in [2.45, 2.75) is 130 Å². The van der Waals surface area contributed by atoms with E-state index in [2.05, 4.69) is 16.0 Å². The SMILES string of the molecule is CC(C)(C)OC(=O)NCCCCC(CC(=O)C(CCCCNC(=O)OC(C)(C)C)NC(=O)OC(C)(C)C)C(=O)O. The van der Waals surface area contributed by atoms with Crippen molar-refractivity contribution in [2.24, 2.45) is 5.92 Å². The molecule has 0 bridgehead atoms. The van der Waals surface area contributed by atoms with Gasteiger partial charge in [0.2, 0.25) is 0 Å². The summed E-state index contributed by atoms with van der Waals surface area (Å²) in [5.41, 5.74) is -2.00. The van der Waals surface area contributed by atoms with Gasteiger partial charge in [0, 0.05) is 19.5 Å². The van der Waals surface area contributed by atoms with Crippen LogP contribution in [-0.2, 0) is 23.8 Å². The molecule has 0 aliphatic rings. The highest BCUT2D eigenvalue weighted by Crippen LogP contribution is 2.17. The highest BCUT2D eigenvalue weighted by atomic mass is 16.6. The predicted octanol–water partition coefficient (Wildman–Crippen LogP) is 4.93. The molecule has 12 nitrogen and oxygen atoms in total. The van der Waals surface area contributed by atoms with Crippen LogP contribution in [0.2, 0.25) is 0 Å². The van der Waals surface area contributed by atoms with Crippen LogP contribution in [0.15, 0.2) is 0 Å². The Morgan fingerprint density at radius 2 is 1.02 bits per heavy atom. The first-order valence-corrected chi connectivity index (χ1v) is 13.9. The molecule has 0 aromatic carbocycles. The van der Waals surface area contributed by atoms with E-state index in [0.29, 0.717) is 38.8 Å². The first-order chi connectivity index (χ1) is 18.2. The van der Waals surface area contributed by atoms with Crippen molar-refractivity contribution < 1.29 is 43.3 Å². The van der Waals surface area contributed by atoms with Gasteiger partial charge in [-0.15, -0.1) is 0 Å². The number of hydrogen-bond acceptors (Lipinski definition) is 8. The standard InChI is InChI=1S/C28H51N3O9/c1-26(2,3)38-23(35)29-16-12-10-14-19(22(33)34)18-21(32)20(31-25(37)40-28(7,8)9)15-11-13-17-30-24(36)39-27(4,5)6/h19-20H,10-18H2,1-9H3,(H,29,35)(H,30,36)(H,31,37)(H,33,34). The van der Waals surface area contributed by atoms with Crippen LogP contribution in [0.4, 0.5) is 14.4 Å². The maximum atomic E-state index is 13.1. The molecule has 0 aromatic rings. The Balaban J connectivity index is 4.94. The molecular formula is C28H51N3O9.